The SMILES string of the molecule is CCNC(=O)C(C)N(Cc1cccc(OC)c1)C(=O)COc1ccccc1C(C)C. The van der Waals surface area contributed by atoms with Crippen LogP contribution in [0.3, 0.4) is 0 Å². The lowest BCUT2D eigenvalue weighted by Gasteiger charge is -2.29. The van der Waals surface area contributed by atoms with Crippen molar-refractivity contribution >= 4 is 11.8 Å². The molecule has 0 aromatic heterocycles. The summed E-state index contributed by atoms with van der Waals surface area (Å²) in [5.74, 6) is 1.21. The van der Waals surface area contributed by atoms with Crippen LogP contribution in [0.5, 0.6) is 11.5 Å². The number of benzene rings is 2. The molecule has 0 bridgehead atoms. The van der Waals surface area contributed by atoms with Crippen molar-refractivity contribution < 1.29 is 19.1 Å². The Bertz CT molecular complexity index is 851. The van der Waals surface area contributed by atoms with Crippen LogP contribution in [-0.2, 0) is 16.1 Å². The fraction of sp³-hybridized carbons (Fsp3) is 0.417. The van der Waals surface area contributed by atoms with Gasteiger partial charge >= 0.3 is 0 Å². The molecule has 6 nitrogen and oxygen atoms in total. The van der Waals surface area contributed by atoms with Gasteiger partial charge in [0.05, 0.1) is 7.11 Å². The third-order valence-electron chi connectivity index (χ3n) is 4.90. The van der Waals surface area contributed by atoms with Gasteiger partial charge in [-0.1, -0.05) is 44.2 Å². The maximum atomic E-state index is 13.1. The van der Waals surface area contributed by atoms with Gasteiger partial charge in [0, 0.05) is 13.1 Å². The van der Waals surface area contributed by atoms with Crippen molar-refractivity contribution in [3.8, 4) is 11.5 Å². The maximum absolute atomic E-state index is 13.1. The smallest absolute Gasteiger partial charge is 0.261 e. The number of para-hydroxylation sites is 1. The lowest BCUT2D eigenvalue weighted by atomic mass is 10.0. The van der Waals surface area contributed by atoms with Crippen LogP contribution in [0.1, 0.15) is 44.7 Å². The first-order chi connectivity index (χ1) is 14.4. The quantitative estimate of drug-likeness (QED) is 0.645. The first-order valence-corrected chi connectivity index (χ1v) is 10.3. The van der Waals surface area contributed by atoms with E-state index in [1.165, 1.54) is 4.90 Å². The summed E-state index contributed by atoms with van der Waals surface area (Å²) in [6, 6.07) is 14.5. The third-order valence-corrected chi connectivity index (χ3v) is 4.90. The van der Waals surface area contributed by atoms with Crippen LogP contribution < -0.4 is 14.8 Å². The molecule has 0 saturated heterocycles. The Morgan fingerprint density at radius 2 is 1.80 bits per heavy atom. The number of nitrogens with one attached hydrogen (secondary N) is 1. The Morgan fingerprint density at radius 1 is 1.07 bits per heavy atom. The molecule has 0 aliphatic heterocycles. The Kier molecular flexibility index (Phi) is 8.71. The van der Waals surface area contributed by atoms with E-state index in [1.807, 2.05) is 55.5 Å². The molecule has 0 saturated carbocycles. The largest absolute Gasteiger partial charge is 0.497 e. The van der Waals surface area contributed by atoms with E-state index in [2.05, 4.69) is 19.2 Å². The number of ether oxygens (including phenoxy) is 2. The molecule has 1 unspecified atom stereocenters. The fourth-order valence-electron chi connectivity index (χ4n) is 3.18. The van der Waals surface area contributed by atoms with Gasteiger partial charge in [-0.2, -0.15) is 0 Å². The lowest BCUT2D eigenvalue weighted by molar-refractivity contribution is -0.142. The van der Waals surface area contributed by atoms with Gasteiger partial charge in [0.15, 0.2) is 6.61 Å². The molecule has 2 amide bonds. The Labute approximate surface area is 179 Å². The standard InChI is InChI=1S/C24H32N2O4/c1-6-25-24(28)18(4)26(15-19-10-9-11-20(14-19)29-5)23(27)16-30-22-13-8-7-12-21(22)17(2)3/h7-14,17-18H,6,15-16H2,1-5H3,(H,25,28). The number of hydrogen-bond donors (Lipinski definition) is 1. The minimum atomic E-state index is -0.632. The summed E-state index contributed by atoms with van der Waals surface area (Å²) in [5.41, 5.74) is 1.92. The number of nitrogens with zero attached hydrogens (tertiary/aromatic N) is 1. The molecule has 1 N–H and O–H groups in total. The molecule has 2 aromatic carbocycles. The molecule has 1 atom stereocenters. The van der Waals surface area contributed by atoms with Crippen molar-refractivity contribution in [2.75, 3.05) is 20.3 Å². The van der Waals surface area contributed by atoms with Crippen LogP contribution in [-0.4, -0.2) is 43.0 Å². The van der Waals surface area contributed by atoms with Crippen LogP contribution >= 0.6 is 0 Å². The van der Waals surface area contributed by atoms with E-state index < -0.39 is 6.04 Å². The number of hydrogen-bond acceptors (Lipinski definition) is 4. The van der Waals surface area contributed by atoms with E-state index >= 15 is 0 Å². The van der Waals surface area contributed by atoms with Gasteiger partial charge in [-0.05, 0) is 49.1 Å². The zero-order valence-electron chi connectivity index (χ0n) is 18.5. The van der Waals surface area contributed by atoms with Gasteiger partial charge < -0.3 is 19.7 Å². The summed E-state index contributed by atoms with van der Waals surface area (Å²) in [5, 5.41) is 2.79. The van der Waals surface area contributed by atoms with E-state index in [0.29, 0.717) is 18.0 Å². The van der Waals surface area contributed by atoms with Crippen LogP contribution in [0.2, 0.25) is 0 Å². The van der Waals surface area contributed by atoms with E-state index in [1.54, 1.807) is 14.0 Å². The first-order valence-electron chi connectivity index (χ1n) is 10.3. The second-order valence-corrected chi connectivity index (χ2v) is 7.42. The summed E-state index contributed by atoms with van der Waals surface area (Å²) in [7, 11) is 1.60. The monoisotopic (exact) mass is 412 g/mol. The van der Waals surface area contributed by atoms with Gasteiger partial charge in [-0.3, -0.25) is 9.59 Å². The van der Waals surface area contributed by atoms with E-state index in [9.17, 15) is 9.59 Å². The minimum absolute atomic E-state index is 0.141. The second kappa shape index (κ2) is 11.2. The molecule has 6 heteroatoms. The zero-order valence-corrected chi connectivity index (χ0v) is 18.5. The minimum Gasteiger partial charge on any atom is -0.497 e. The highest BCUT2D eigenvalue weighted by atomic mass is 16.5. The number of methoxy groups -OCH3 is 1. The van der Waals surface area contributed by atoms with Crippen molar-refractivity contribution in [2.24, 2.45) is 0 Å². The zero-order chi connectivity index (χ0) is 22.1. The Morgan fingerprint density at radius 3 is 2.47 bits per heavy atom. The Balaban J connectivity index is 2.20. The highest BCUT2D eigenvalue weighted by Gasteiger charge is 2.26. The second-order valence-electron chi connectivity index (χ2n) is 7.42. The topological polar surface area (TPSA) is 67.9 Å². The van der Waals surface area contributed by atoms with Crippen molar-refractivity contribution in [2.45, 2.75) is 46.2 Å². The molecule has 2 rings (SSSR count). The molecule has 0 aliphatic rings. The van der Waals surface area contributed by atoms with Crippen molar-refractivity contribution in [1.82, 2.24) is 10.2 Å². The van der Waals surface area contributed by atoms with Crippen LogP contribution in [0, 0.1) is 0 Å². The first kappa shape index (κ1) is 23.3. The number of carbonyl (C=O) groups is 2. The van der Waals surface area contributed by atoms with Gasteiger partial charge in [0.2, 0.25) is 5.91 Å². The normalized spacial score (nSPS) is 11.7. The molecule has 162 valence electrons. The van der Waals surface area contributed by atoms with Gasteiger partial charge in [-0.25, -0.2) is 0 Å². The van der Waals surface area contributed by atoms with Gasteiger partial charge in [0.25, 0.3) is 5.91 Å². The molecule has 0 fully saturated rings. The van der Waals surface area contributed by atoms with E-state index in [-0.39, 0.29) is 30.9 Å². The molecule has 30 heavy (non-hydrogen) atoms. The van der Waals surface area contributed by atoms with Crippen molar-refractivity contribution in [3.05, 3.63) is 59.7 Å². The summed E-state index contributed by atoms with van der Waals surface area (Å²) in [6.45, 7) is 8.38. The van der Waals surface area contributed by atoms with Crippen LogP contribution in [0.15, 0.2) is 48.5 Å². The number of rotatable bonds is 10. The average Bonchev–Trinajstić information content (AvgIpc) is 2.75. The number of amides is 2. The molecular weight excluding hydrogens is 380 g/mol. The Hall–Kier alpha value is -3.02. The van der Waals surface area contributed by atoms with E-state index in [0.717, 1.165) is 11.1 Å². The summed E-state index contributed by atoms with van der Waals surface area (Å²) in [6.07, 6.45) is 0. The van der Waals surface area contributed by atoms with Crippen molar-refractivity contribution in [3.63, 3.8) is 0 Å². The summed E-state index contributed by atoms with van der Waals surface area (Å²) < 4.78 is 11.1. The summed E-state index contributed by atoms with van der Waals surface area (Å²) >= 11 is 0. The van der Waals surface area contributed by atoms with Gasteiger partial charge in [0.1, 0.15) is 17.5 Å². The molecule has 0 spiro atoms. The molecule has 2 aromatic rings. The fourth-order valence-corrected chi connectivity index (χ4v) is 3.18. The molecule has 0 radical (unpaired) electrons. The van der Waals surface area contributed by atoms with E-state index in [4.69, 9.17) is 9.47 Å². The third kappa shape index (κ3) is 6.24. The lowest BCUT2D eigenvalue weighted by Crippen LogP contribution is -2.49. The highest BCUT2D eigenvalue weighted by Crippen LogP contribution is 2.26. The van der Waals surface area contributed by atoms with Crippen molar-refractivity contribution in [1.29, 1.82) is 0 Å². The van der Waals surface area contributed by atoms with Crippen LogP contribution in [0.4, 0.5) is 0 Å². The van der Waals surface area contributed by atoms with Gasteiger partial charge in [-0.15, -0.1) is 0 Å². The number of likely N-dealkylation sites (N-methyl/N-ethyl adjacent to an activating group) is 1. The molecular formula is C24H32N2O4. The number of carbonyl (C=O) groups excluding carboxylic acids is 2. The average molecular weight is 413 g/mol. The maximum Gasteiger partial charge on any atom is 0.261 e. The predicted octanol–water partition coefficient (Wildman–Crippen LogP) is 3.75. The predicted molar refractivity (Wildman–Crippen MR) is 118 cm³/mol. The molecule has 0 aliphatic carbocycles. The van der Waals surface area contributed by atoms with Crippen LogP contribution in [0.25, 0.3) is 0 Å². The summed E-state index contributed by atoms with van der Waals surface area (Å²) in [4.78, 5) is 27.1. The highest BCUT2D eigenvalue weighted by molar-refractivity contribution is 5.87. The molecule has 0 heterocycles.